The van der Waals surface area contributed by atoms with E-state index >= 15 is 0 Å². The van der Waals surface area contributed by atoms with Gasteiger partial charge in [-0.2, -0.15) is 0 Å². The molecular weight excluding hydrogens is 164 g/mol. The van der Waals surface area contributed by atoms with E-state index < -0.39 is 11.6 Å². The maximum Gasteiger partial charge on any atom is 0.190 e. The Kier molecular flexibility index (Phi) is 2.47. The molecule has 0 saturated carbocycles. The van der Waals surface area contributed by atoms with Crippen molar-refractivity contribution >= 4 is 5.69 Å². The first-order valence-corrected chi connectivity index (χ1v) is 3.52. The lowest BCUT2D eigenvalue weighted by molar-refractivity contribution is 0.303. The molecule has 1 aromatic rings. The number of hydrogen-bond acceptors (Lipinski definition) is 2. The Morgan fingerprint density at radius 1 is 1.33 bits per heavy atom. The molecule has 4 heteroatoms. The van der Waals surface area contributed by atoms with Crippen LogP contribution in [0, 0.1) is 11.6 Å². The predicted octanol–water partition coefficient (Wildman–Crippen LogP) is 1.95. The van der Waals surface area contributed by atoms with Crippen molar-refractivity contribution in [2.75, 3.05) is 12.3 Å². The summed E-state index contributed by atoms with van der Waals surface area (Å²) in [5.74, 6) is -1.91. The SMILES string of the molecule is CCOc1c(F)cc(N)cc1F. The maximum absolute atomic E-state index is 12.9. The molecule has 0 bridgehead atoms. The van der Waals surface area contributed by atoms with Crippen LogP contribution >= 0.6 is 0 Å². The zero-order chi connectivity index (χ0) is 9.14. The molecule has 1 aromatic carbocycles. The summed E-state index contributed by atoms with van der Waals surface area (Å²) in [7, 11) is 0. The minimum Gasteiger partial charge on any atom is -0.488 e. The first-order chi connectivity index (χ1) is 5.65. The lowest BCUT2D eigenvalue weighted by Gasteiger charge is -2.05. The van der Waals surface area contributed by atoms with Gasteiger partial charge in [-0.1, -0.05) is 0 Å². The van der Waals surface area contributed by atoms with Crippen LogP contribution in [-0.2, 0) is 0 Å². The van der Waals surface area contributed by atoms with Gasteiger partial charge >= 0.3 is 0 Å². The van der Waals surface area contributed by atoms with E-state index in [2.05, 4.69) is 0 Å². The molecule has 0 aliphatic heterocycles. The molecule has 0 atom stereocenters. The quantitative estimate of drug-likeness (QED) is 0.693. The van der Waals surface area contributed by atoms with Gasteiger partial charge in [0.05, 0.1) is 6.61 Å². The summed E-state index contributed by atoms with van der Waals surface area (Å²) in [6.45, 7) is 1.87. The van der Waals surface area contributed by atoms with Crippen molar-refractivity contribution in [1.29, 1.82) is 0 Å². The zero-order valence-corrected chi connectivity index (χ0v) is 6.60. The number of rotatable bonds is 2. The van der Waals surface area contributed by atoms with E-state index in [9.17, 15) is 8.78 Å². The predicted molar refractivity (Wildman–Crippen MR) is 41.9 cm³/mol. The third-order valence-electron chi connectivity index (χ3n) is 1.31. The van der Waals surface area contributed by atoms with Crippen LogP contribution in [0.1, 0.15) is 6.92 Å². The van der Waals surface area contributed by atoms with Crippen LogP contribution in [0.25, 0.3) is 0 Å². The third kappa shape index (κ3) is 1.64. The molecule has 0 heterocycles. The van der Waals surface area contributed by atoms with Gasteiger partial charge in [0, 0.05) is 17.8 Å². The average Bonchev–Trinajstić information content (AvgIpc) is 1.96. The Morgan fingerprint density at radius 2 is 1.83 bits per heavy atom. The second kappa shape index (κ2) is 3.38. The molecule has 66 valence electrons. The molecule has 0 spiro atoms. The summed E-state index contributed by atoms with van der Waals surface area (Å²) in [4.78, 5) is 0. The van der Waals surface area contributed by atoms with Crippen molar-refractivity contribution in [2.24, 2.45) is 0 Å². The van der Waals surface area contributed by atoms with E-state index in [0.29, 0.717) is 0 Å². The van der Waals surface area contributed by atoms with Gasteiger partial charge < -0.3 is 10.5 Å². The van der Waals surface area contributed by atoms with E-state index in [1.807, 2.05) is 0 Å². The first-order valence-electron chi connectivity index (χ1n) is 3.52. The minimum absolute atomic E-state index is 0.0495. The van der Waals surface area contributed by atoms with Gasteiger partial charge in [-0.15, -0.1) is 0 Å². The maximum atomic E-state index is 12.9. The molecule has 0 aromatic heterocycles. The summed E-state index contributed by atoms with van der Waals surface area (Å²) < 4.78 is 30.4. The average molecular weight is 173 g/mol. The molecule has 1 rings (SSSR count). The monoisotopic (exact) mass is 173 g/mol. The number of ether oxygens (including phenoxy) is 1. The normalized spacial score (nSPS) is 9.92. The van der Waals surface area contributed by atoms with Crippen LogP contribution in [0.5, 0.6) is 5.75 Å². The standard InChI is InChI=1S/C8H9F2NO/c1-2-12-8-6(9)3-5(11)4-7(8)10/h3-4H,2,11H2,1H3. The van der Waals surface area contributed by atoms with Crippen LogP contribution < -0.4 is 10.5 Å². The van der Waals surface area contributed by atoms with E-state index in [1.165, 1.54) is 0 Å². The van der Waals surface area contributed by atoms with E-state index in [4.69, 9.17) is 10.5 Å². The molecular formula is C8H9F2NO. The fraction of sp³-hybridized carbons (Fsp3) is 0.250. The Bertz CT molecular complexity index is 265. The highest BCUT2D eigenvalue weighted by atomic mass is 19.1. The van der Waals surface area contributed by atoms with Crippen molar-refractivity contribution in [3.05, 3.63) is 23.8 Å². The Hall–Kier alpha value is -1.32. The van der Waals surface area contributed by atoms with Crippen LogP contribution in [0.2, 0.25) is 0 Å². The highest BCUT2D eigenvalue weighted by molar-refractivity contribution is 5.43. The van der Waals surface area contributed by atoms with Crippen molar-refractivity contribution in [1.82, 2.24) is 0 Å². The molecule has 0 aliphatic rings. The van der Waals surface area contributed by atoms with Gasteiger partial charge in [0.1, 0.15) is 0 Å². The topological polar surface area (TPSA) is 35.2 Å². The summed E-state index contributed by atoms with van der Waals surface area (Å²) in [5, 5.41) is 0. The van der Waals surface area contributed by atoms with E-state index in [-0.39, 0.29) is 18.0 Å². The number of benzene rings is 1. The highest BCUT2D eigenvalue weighted by Crippen LogP contribution is 2.23. The van der Waals surface area contributed by atoms with Gasteiger partial charge in [-0.05, 0) is 6.92 Å². The van der Waals surface area contributed by atoms with Crippen LogP contribution in [0.15, 0.2) is 12.1 Å². The summed E-state index contributed by atoms with van der Waals surface area (Å²) in [6.07, 6.45) is 0. The number of anilines is 1. The minimum atomic E-state index is -0.769. The molecule has 0 amide bonds. The van der Waals surface area contributed by atoms with Crippen molar-refractivity contribution < 1.29 is 13.5 Å². The summed E-state index contributed by atoms with van der Waals surface area (Å²) >= 11 is 0. The zero-order valence-electron chi connectivity index (χ0n) is 6.60. The number of nitrogen functional groups attached to an aromatic ring is 1. The van der Waals surface area contributed by atoms with Crippen LogP contribution in [0.4, 0.5) is 14.5 Å². The molecule has 0 radical (unpaired) electrons. The Labute approximate surface area is 68.9 Å². The van der Waals surface area contributed by atoms with Crippen LogP contribution in [0.3, 0.4) is 0 Å². The summed E-state index contributed by atoms with van der Waals surface area (Å²) in [5.41, 5.74) is 5.24. The molecule has 0 fully saturated rings. The number of nitrogens with two attached hydrogens (primary N) is 1. The second-order valence-corrected chi connectivity index (χ2v) is 2.25. The highest BCUT2D eigenvalue weighted by Gasteiger charge is 2.10. The fourth-order valence-corrected chi connectivity index (χ4v) is 0.862. The van der Waals surface area contributed by atoms with Crippen LogP contribution in [-0.4, -0.2) is 6.61 Å². The number of hydrogen-bond donors (Lipinski definition) is 1. The lowest BCUT2D eigenvalue weighted by Crippen LogP contribution is -1.99. The largest absolute Gasteiger partial charge is 0.488 e. The lowest BCUT2D eigenvalue weighted by atomic mass is 10.3. The van der Waals surface area contributed by atoms with Gasteiger partial charge in [0.25, 0.3) is 0 Å². The molecule has 0 aliphatic carbocycles. The Balaban J connectivity index is 3.10. The van der Waals surface area contributed by atoms with Gasteiger partial charge in [0.2, 0.25) is 0 Å². The Morgan fingerprint density at radius 3 is 2.25 bits per heavy atom. The van der Waals surface area contributed by atoms with Crippen molar-refractivity contribution in [2.45, 2.75) is 6.92 Å². The first kappa shape index (κ1) is 8.77. The number of halogens is 2. The summed E-state index contributed by atoms with van der Waals surface area (Å²) in [6, 6.07) is 2.04. The second-order valence-electron chi connectivity index (χ2n) is 2.25. The molecule has 0 saturated heterocycles. The third-order valence-corrected chi connectivity index (χ3v) is 1.31. The molecule has 2 N–H and O–H groups in total. The smallest absolute Gasteiger partial charge is 0.190 e. The molecule has 0 unspecified atom stereocenters. The van der Waals surface area contributed by atoms with Gasteiger partial charge in [0.15, 0.2) is 17.4 Å². The molecule has 2 nitrogen and oxygen atoms in total. The van der Waals surface area contributed by atoms with E-state index in [1.54, 1.807) is 6.92 Å². The van der Waals surface area contributed by atoms with Crippen molar-refractivity contribution in [3.8, 4) is 5.75 Å². The van der Waals surface area contributed by atoms with Gasteiger partial charge in [-0.3, -0.25) is 0 Å². The van der Waals surface area contributed by atoms with Gasteiger partial charge in [-0.25, -0.2) is 8.78 Å². The molecule has 12 heavy (non-hydrogen) atoms. The van der Waals surface area contributed by atoms with E-state index in [0.717, 1.165) is 12.1 Å². The fourth-order valence-electron chi connectivity index (χ4n) is 0.862. The van der Waals surface area contributed by atoms with Crippen molar-refractivity contribution in [3.63, 3.8) is 0 Å².